The molecule has 4 nitrogen and oxygen atoms in total. The highest BCUT2D eigenvalue weighted by Gasteiger charge is 2.30. The molecule has 0 aliphatic heterocycles. The van der Waals surface area contributed by atoms with Crippen molar-refractivity contribution in [2.75, 3.05) is 5.32 Å². The van der Waals surface area contributed by atoms with Crippen LogP contribution in [0.3, 0.4) is 0 Å². The van der Waals surface area contributed by atoms with E-state index in [2.05, 4.69) is 10.4 Å². The first-order valence-corrected chi connectivity index (χ1v) is 6.30. The summed E-state index contributed by atoms with van der Waals surface area (Å²) >= 11 is 5.91. The number of amides is 1. The molecule has 0 radical (unpaired) electrons. The number of hydrogen-bond donors (Lipinski definition) is 1. The molecule has 1 N–H and O–H groups in total. The van der Waals surface area contributed by atoms with E-state index in [-0.39, 0.29) is 17.5 Å². The van der Waals surface area contributed by atoms with E-state index >= 15 is 0 Å². The van der Waals surface area contributed by atoms with Crippen molar-refractivity contribution >= 4 is 23.3 Å². The Bertz CT molecular complexity index is 667. The second-order valence-electron chi connectivity index (χ2n) is 4.38. The van der Waals surface area contributed by atoms with Gasteiger partial charge in [-0.25, -0.2) is 0 Å². The number of halogens is 4. The molecule has 0 spiro atoms. The summed E-state index contributed by atoms with van der Waals surface area (Å²) in [6.45, 7) is 1.41. The summed E-state index contributed by atoms with van der Waals surface area (Å²) in [6.07, 6.45) is -2.88. The standard InChI is InChI=1S/C13H11ClF3N3O/c1-8(21)18-12-4-5-20(19-12)7-9-6-10(13(15,16)17)2-3-11(9)14/h2-6H,7H2,1H3,(H,18,19,21). The Balaban J connectivity index is 2.22. The molecule has 0 unspecified atom stereocenters. The molecule has 0 fully saturated rings. The van der Waals surface area contributed by atoms with Gasteiger partial charge in [0.1, 0.15) is 0 Å². The molecule has 21 heavy (non-hydrogen) atoms. The van der Waals surface area contributed by atoms with Crippen LogP contribution in [-0.4, -0.2) is 15.7 Å². The molecule has 8 heteroatoms. The highest BCUT2D eigenvalue weighted by atomic mass is 35.5. The minimum Gasteiger partial charge on any atom is -0.309 e. The Kier molecular flexibility index (Phi) is 4.22. The van der Waals surface area contributed by atoms with Crippen LogP contribution in [-0.2, 0) is 17.5 Å². The first-order valence-electron chi connectivity index (χ1n) is 5.92. The van der Waals surface area contributed by atoms with Crippen molar-refractivity contribution < 1.29 is 18.0 Å². The lowest BCUT2D eigenvalue weighted by Crippen LogP contribution is -2.09. The predicted octanol–water partition coefficient (Wildman–Crippen LogP) is 3.56. The Morgan fingerprint density at radius 1 is 1.38 bits per heavy atom. The van der Waals surface area contributed by atoms with Crippen molar-refractivity contribution in [3.8, 4) is 0 Å². The molecule has 1 amide bonds. The largest absolute Gasteiger partial charge is 0.416 e. The van der Waals surface area contributed by atoms with E-state index in [0.717, 1.165) is 12.1 Å². The summed E-state index contributed by atoms with van der Waals surface area (Å²) in [4.78, 5) is 10.9. The van der Waals surface area contributed by atoms with Crippen LogP contribution in [0.2, 0.25) is 5.02 Å². The zero-order chi connectivity index (χ0) is 15.6. The minimum absolute atomic E-state index is 0.0718. The van der Waals surface area contributed by atoms with E-state index in [0.29, 0.717) is 11.4 Å². The number of benzene rings is 1. The molecule has 0 aliphatic carbocycles. The Hall–Kier alpha value is -2.02. The molecule has 0 bridgehead atoms. The summed E-state index contributed by atoms with van der Waals surface area (Å²) < 4.78 is 39.4. The molecule has 0 saturated carbocycles. The third-order valence-electron chi connectivity index (χ3n) is 2.65. The van der Waals surface area contributed by atoms with Gasteiger partial charge >= 0.3 is 6.18 Å². The van der Waals surface area contributed by atoms with Crippen molar-refractivity contribution in [3.63, 3.8) is 0 Å². The third kappa shape index (κ3) is 3.98. The Morgan fingerprint density at radius 3 is 2.71 bits per heavy atom. The van der Waals surface area contributed by atoms with Crippen LogP contribution in [0.5, 0.6) is 0 Å². The van der Waals surface area contributed by atoms with E-state index < -0.39 is 11.7 Å². The van der Waals surface area contributed by atoms with Crippen LogP contribution in [0, 0.1) is 0 Å². The number of aromatic nitrogens is 2. The average Bonchev–Trinajstić information content (AvgIpc) is 2.77. The van der Waals surface area contributed by atoms with Crippen LogP contribution in [0.25, 0.3) is 0 Å². The molecule has 2 aromatic rings. The van der Waals surface area contributed by atoms with E-state index in [9.17, 15) is 18.0 Å². The molecular weight excluding hydrogens is 307 g/mol. The van der Waals surface area contributed by atoms with Gasteiger partial charge in [0.25, 0.3) is 0 Å². The molecular formula is C13H11ClF3N3O. The van der Waals surface area contributed by atoms with Gasteiger partial charge in [0.05, 0.1) is 12.1 Å². The van der Waals surface area contributed by atoms with Gasteiger partial charge in [-0.2, -0.15) is 18.3 Å². The van der Waals surface area contributed by atoms with Gasteiger partial charge in [-0.3, -0.25) is 9.48 Å². The SMILES string of the molecule is CC(=O)Nc1ccn(Cc2cc(C(F)(F)F)ccc2Cl)n1. The first kappa shape index (κ1) is 15.4. The molecule has 1 aromatic carbocycles. The minimum atomic E-state index is -4.43. The summed E-state index contributed by atoms with van der Waals surface area (Å²) in [5, 5.41) is 6.72. The second kappa shape index (κ2) is 5.77. The number of nitrogens with one attached hydrogen (secondary N) is 1. The lowest BCUT2D eigenvalue weighted by molar-refractivity contribution is -0.137. The van der Waals surface area contributed by atoms with Gasteiger partial charge in [0.2, 0.25) is 5.91 Å². The molecule has 2 rings (SSSR count). The maximum absolute atomic E-state index is 12.7. The van der Waals surface area contributed by atoms with Gasteiger partial charge in [0.15, 0.2) is 5.82 Å². The van der Waals surface area contributed by atoms with Crippen LogP contribution in [0.15, 0.2) is 30.5 Å². The number of anilines is 1. The normalized spacial score (nSPS) is 11.5. The fourth-order valence-electron chi connectivity index (χ4n) is 1.74. The topological polar surface area (TPSA) is 46.9 Å². The molecule has 0 saturated heterocycles. The zero-order valence-electron chi connectivity index (χ0n) is 10.9. The Morgan fingerprint density at radius 2 is 2.10 bits per heavy atom. The molecule has 0 aliphatic rings. The number of nitrogens with zero attached hydrogens (tertiary/aromatic N) is 2. The molecule has 1 aromatic heterocycles. The smallest absolute Gasteiger partial charge is 0.309 e. The van der Waals surface area contributed by atoms with Gasteiger partial charge in [0, 0.05) is 24.2 Å². The lowest BCUT2D eigenvalue weighted by atomic mass is 10.1. The summed E-state index contributed by atoms with van der Waals surface area (Å²) in [7, 11) is 0. The van der Waals surface area contributed by atoms with Crippen molar-refractivity contribution in [1.82, 2.24) is 9.78 Å². The van der Waals surface area contributed by atoms with Crippen LogP contribution >= 0.6 is 11.6 Å². The third-order valence-corrected chi connectivity index (χ3v) is 3.02. The van der Waals surface area contributed by atoms with Gasteiger partial charge < -0.3 is 5.32 Å². The maximum atomic E-state index is 12.7. The van der Waals surface area contributed by atoms with Gasteiger partial charge in [-0.1, -0.05) is 11.6 Å². The number of rotatable bonds is 3. The fourth-order valence-corrected chi connectivity index (χ4v) is 1.92. The molecule has 1 heterocycles. The Labute approximate surface area is 123 Å². The monoisotopic (exact) mass is 317 g/mol. The van der Waals surface area contributed by atoms with Crippen molar-refractivity contribution in [2.45, 2.75) is 19.6 Å². The summed E-state index contributed by atoms with van der Waals surface area (Å²) in [5.41, 5.74) is -0.472. The second-order valence-corrected chi connectivity index (χ2v) is 4.79. The van der Waals surface area contributed by atoms with Crippen LogP contribution < -0.4 is 5.32 Å². The number of carbonyl (C=O) groups excluding carboxylic acids is 1. The highest BCUT2D eigenvalue weighted by molar-refractivity contribution is 6.31. The molecule has 0 atom stereocenters. The van der Waals surface area contributed by atoms with Crippen molar-refractivity contribution in [2.24, 2.45) is 0 Å². The number of carbonyl (C=O) groups is 1. The van der Waals surface area contributed by atoms with Crippen molar-refractivity contribution in [3.05, 3.63) is 46.6 Å². The van der Waals surface area contributed by atoms with Crippen molar-refractivity contribution in [1.29, 1.82) is 0 Å². The highest BCUT2D eigenvalue weighted by Crippen LogP contribution is 2.32. The quantitative estimate of drug-likeness (QED) is 0.941. The first-order chi connectivity index (χ1) is 9.75. The van der Waals surface area contributed by atoms with E-state index in [1.54, 1.807) is 12.3 Å². The van der Waals surface area contributed by atoms with E-state index in [1.165, 1.54) is 17.7 Å². The maximum Gasteiger partial charge on any atom is 0.416 e. The summed E-state index contributed by atoms with van der Waals surface area (Å²) in [6, 6.07) is 4.67. The summed E-state index contributed by atoms with van der Waals surface area (Å²) in [5.74, 6) is 0.0444. The van der Waals surface area contributed by atoms with Crippen LogP contribution in [0.4, 0.5) is 19.0 Å². The number of hydrogen-bond acceptors (Lipinski definition) is 2. The lowest BCUT2D eigenvalue weighted by Gasteiger charge is -2.10. The van der Waals surface area contributed by atoms with Crippen LogP contribution in [0.1, 0.15) is 18.1 Å². The van der Waals surface area contributed by atoms with Gasteiger partial charge in [-0.05, 0) is 23.8 Å². The molecule has 112 valence electrons. The van der Waals surface area contributed by atoms with E-state index in [4.69, 9.17) is 11.6 Å². The fraction of sp³-hybridized carbons (Fsp3) is 0.231. The van der Waals surface area contributed by atoms with E-state index in [1.807, 2.05) is 0 Å². The average molecular weight is 318 g/mol. The van der Waals surface area contributed by atoms with Gasteiger partial charge in [-0.15, -0.1) is 0 Å². The predicted molar refractivity (Wildman–Crippen MR) is 72.1 cm³/mol. The zero-order valence-corrected chi connectivity index (χ0v) is 11.7. The number of alkyl halides is 3.